The monoisotopic (exact) mass is 382 g/mol. The molecule has 144 valence electrons. The van der Waals surface area contributed by atoms with Crippen molar-refractivity contribution >= 4 is 17.8 Å². The van der Waals surface area contributed by atoms with Gasteiger partial charge in [-0.15, -0.1) is 0 Å². The number of nitrogens with one attached hydrogen (secondary N) is 1. The van der Waals surface area contributed by atoms with E-state index >= 15 is 0 Å². The van der Waals surface area contributed by atoms with Crippen LogP contribution in [0.15, 0.2) is 34.9 Å². The lowest BCUT2D eigenvalue weighted by Gasteiger charge is -2.14. The zero-order valence-electron chi connectivity index (χ0n) is 14.5. The highest BCUT2D eigenvalue weighted by Crippen LogP contribution is 2.51. The number of amides is 1. The Bertz CT molecular complexity index is 862. The molecule has 1 aliphatic rings. The number of aromatic nitrogens is 1. The molecule has 0 saturated heterocycles. The van der Waals surface area contributed by atoms with E-state index in [1.54, 1.807) is 6.92 Å². The Labute approximate surface area is 152 Å². The summed E-state index contributed by atoms with van der Waals surface area (Å²) in [5, 5.41) is 6.02. The van der Waals surface area contributed by atoms with Crippen molar-refractivity contribution in [2.24, 2.45) is 5.92 Å². The third kappa shape index (κ3) is 4.29. The van der Waals surface area contributed by atoms with Crippen LogP contribution in [-0.2, 0) is 20.5 Å². The van der Waals surface area contributed by atoms with Crippen LogP contribution < -0.4 is 5.32 Å². The van der Waals surface area contributed by atoms with Crippen LogP contribution in [0.25, 0.3) is 0 Å². The number of carbonyl (C=O) groups is 2. The predicted molar refractivity (Wildman–Crippen MR) is 87.7 cm³/mol. The first-order chi connectivity index (χ1) is 12.7. The lowest BCUT2D eigenvalue weighted by atomic mass is 10.0. The van der Waals surface area contributed by atoms with Crippen molar-refractivity contribution in [3.05, 3.63) is 47.2 Å². The molecule has 1 N–H and O–H groups in total. The number of rotatable bonds is 5. The van der Waals surface area contributed by atoms with Gasteiger partial charge in [-0.3, -0.25) is 14.9 Å². The largest absolute Gasteiger partial charge is 0.452 e. The molecule has 1 aromatic heterocycles. The molecule has 0 radical (unpaired) electrons. The SMILES string of the molecule is Cc1cc(NC(=O)[C@H](C)OC(=O)[C@@H]2C[C@@H]2c2ccccc2C(F)(F)F)on1. The maximum absolute atomic E-state index is 13.1. The average Bonchev–Trinajstić information content (AvgIpc) is 3.30. The first-order valence-corrected chi connectivity index (χ1v) is 8.27. The second-order valence-corrected chi connectivity index (χ2v) is 6.43. The van der Waals surface area contributed by atoms with E-state index in [2.05, 4.69) is 10.5 Å². The lowest BCUT2D eigenvalue weighted by Crippen LogP contribution is -2.30. The van der Waals surface area contributed by atoms with E-state index < -0.39 is 41.6 Å². The summed E-state index contributed by atoms with van der Waals surface area (Å²) in [6.07, 6.45) is -5.36. The highest BCUT2D eigenvalue weighted by molar-refractivity contribution is 5.94. The second kappa shape index (κ2) is 7.05. The van der Waals surface area contributed by atoms with Crippen LogP contribution in [0.2, 0.25) is 0 Å². The van der Waals surface area contributed by atoms with Gasteiger partial charge < -0.3 is 9.26 Å². The van der Waals surface area contributed by atoms with E-state index in [1.165, 1.54) is 31.2 Å². The molecule has 1 fully saturated rings. The topological polar surface area (TPSA) is 81.4 Å². The second-order valence-electron chi connectivity index (χ2n) is 6.43. The van der Waals surface area contributed by atoms with Gasteiger partial charge in [0.05, 0.1) is 17.2 Å². The number of ether oxygens (including phenoxy) is 1. The molecule has 6 nitrogen and oxygen atoms in total. The lowest BCUT2D eigenvalue weighted by molar-refractivity contribution is -0.154. The first-order valence-electron chi connectivity index (χ1n) is 8.27. The number of esters is 1. The number of carbonyl (C=O) groups excluding carboxylic acids is 2. The molecule has 1 saturated carbocycles. The smallest absolute Gasteiger partial charge is 0.416 e. The van der Waals surface area contributed by atoms with E-state index in [4.69, 9.17) is 9.26 Å². The van der Waals surface area contributed by atoms with E-state index in [0.717, 1.165) is 6.07 Å². The number of hydrogen-bond donors (Lipinski definition) is 1. The fraction of sp³-hybridized carbons (Fsp3) is 0.389. The van der Waals surface area contributed by atoms with E-state index in [1.807, 2.05) is 0 Å². The molecule has 0 aliphatic heterocycles. The summed E-state index contributed by atoms with van der Waals surface area (Å²) in [5.41, 5.74) is -0.114. The number of halogens is 3. The number of aryl methyl sites for hydroxylation is 1. The third-order valence-electron chi connectivity index (χ3n) is 4.30. The van der Waals surface area contributed by atoms with Crippen LogP contribution >= 0.6 is 0 Å². The molecule has 3 rings (SSSR count). The van der Waals surface area contributed by atoms with Crippen LogP contribution in [0, 0.1) is 12.8 Å². The molecule has 2 aromatic rings. The summed E-state index contributed by atoms with van der Waals surface area (Å²) in [6, 6.07) is 6.66. The highest BCUT2D eigenvalue weighted by Gasteiger charge is 2.49. The number of hydrogen-bond acceptors (Lipinski definition) is 5. The van der Waals surface area contributed by atoms with Crippen LogP contribution in [0.4, 0.5) is 19.1 Å². The quantitative estimate of drug-likeness (QED) is 0.798. The zero-order valence-corrected chi connectivity index (χ0v) is 14.5. The maximum Gasteiger partial charge on any atom is 0.416 e. The van der Waals surface area contributed by atoms with Crippen molar-refractivity contribution in [2.45, 2.75) is 38.5 Å². The Morgan fingerprint density at radius 3 is 2.67 bits per heavy atom. The average molecular weight is 382 g/mol. The van der Waals surface area contributed by atoms with Gasteiger partial charge in [0, 0.05) is 6.07 Å². The molecule has 1 aliphatic carbocycles. The van der Waals surface area contributed by atoms with Gasteiger partial charge in [-0.2, -0.15) is 13.2 Å². The highest BCUT2D eigenvalue weighted by atomic mass is 19.4. The normalized spacial score (nSPS) is 20.0. The summed E-state index contributed by atoms with van der Waals surface area (Å²) in [6.45, 7) is 3.05. The minimum Gasteiger partial charge on any atom is -0.452 e. The van der Waals surface area contributed by atoms with Crippen molar-refractivity contribution in [1.29, 1.82) is 0 Å². The van der Waals surface area contributed by atoms with Gasteiger partial charge in [0.15, 0.2) is 6.10 Å². The Morgan fingerprint density at radius 1 is 1.33 bits per heavy atom. The van der Waals surface area contributed by atoms with Gasteiger partial charge in [-0.25, -0.2) is 0 Å². The minimum atomic E-state index is -4.49. The van der Waals surface area contributed by atoms with Crippen LogP contribution in [0.5, 0.6) is 0 Å². The molecule has 0 bridgehead atoms. The van der Waals surface area contributed by atoms with Crippen molar-refractivity contribution in [3.8, 4) is 0 Å². The summed E-state index contributed by atoms with van der Waals surface area (Å²) in [7, 11) is 0. The van der Waals surface area contributed by atoms with Crippen molar-refractivity contribution in [3.63, 3.8) is 0 Å². The van der Waals surface area contributed by atoms with Gasteiger partial charge in [-0.05, 0) is 37.8 Å². The van der Waals surface area contributed by atoms with Gasteiger partial charge in [0.2, 0.25) is 5.88 Å². The molecule has 1 heterocycles. The molecule has 27 heavy (non-hydrogen) atoms. The Hall–Kier alpha value is -2.84. The molecular weight excluding hydrogens is 365 g/mol. The van der Waals surface area contributed by atoms with Gasteiger partial charge in [-0.1, -0.05) is 23.4 Å². The summed E-state index contributed by atoms with van der Waals surface area (Å²) in [5.74, 6) is -2.47. The molecule has 1 amide bonds. The summed E-state index contributed by atoms with van der Waals surface area (Å²) >= 11 is 0. The Kier molecular flexibility index (Phi) is 4.95. The summed E-state index contributed by atoms with van der Waals surface area (Å²) < 4.78 is 49.3. The predicted octanol–water partition coefficient (Wildman–Crippen LogP) is 3.68. The van der Waals surface area contributed by atoms with E-state index in [0.29, 0.717) is 5.69 Å². The minimum absolute atomic E-state index is 0.0705. The van der Waals surface area contributed by atoms with Gasteiger partial charge in [0.1, 0.15) is 0 Å². The Balaban J connectivity index is 1.60. The van der Waals surface area contributed by atoms with Gasteiger partial charge >= 0.3 is 12.1 Å². The molecule has 0 spiro atoms. The molecule has 1 aromatic carbocycles. The number of anilines is 1. The molecule has 3 atom stereocenters. The fourth-order valence-corrected chi connectivity index (χ4v) is 2.84. The number of nitrogens with zero attached hydrogens (tertiary/aromatic N) is 1. The van der Waals surface area contributed by atoms with Crippen molar-refractivity contribution < 1.29 is 32.0 Å². The zero-order chi connectivity index (χ0) is 19.8. The number of benzene rings is 1. The molecule has 0 unspecified atom stereocenters. The van der Waals surface area contributed by atoms with E-state index in [-0.39, 0.29) is 17.9 Å². The van der Waals surface area contributed by atoms with Gasteiger partial charge in [0.25, 0.3) is 5.91 Å². The van der Waals surface area contributed by atoms with Crippen molar-refractivity contribution in [1.82, 2.24) is 5.16 Å². The van der Waals surface area contributed by atoms with Crippen LogP contribution in [0.3, 0.4) is 0 Å². The van der Waals surface area contributed by atoms with Crippen LogP contribution in [-0.4, -0.2) is 23.1 Å². The van der Waals surface area contributed by atoms with Crippen molar-refractivity contribution in [2.75, 3.05) is 5.32 Å². The number of alkyl halides is 3. The maximum atomic E-state index is 13.1. The Morgan fingerprint density at radius 2 is 2.04 bits per heavy atom. The first kappa shape index (κ1) is 18.9. The van der Waals surface area contributed by atoms with Crippen LogP contribution in [0.1, 0.15) is 36.1 Å². The van der Waals surface area contributed by atoms with E-state index in [9.17, 15) is 22.8 Å². The molecule has 9 heteroatoms. The summed E-state index contributed by atoms with van der Waals surface area (Å²) in [4.78, 5) is 24.2. The molecular formula is C18H17F3N2O4. The fourth-order valence-electron chi connectivity index (χ4n) is 2.84. The standard InChI is InChI=1S/C18H17F3N2O4/c1-9-7-15(27-23-9)22-16(24)10(2)26-17(25)13-8-12(13)11-5-3-4-6-14(11)18(19,20)21/h3-7,10,12-13H,8H2,1-2H3,(H,22,24)/t10-,12+,13+/m0/s1. The third-order valence-corrected chi connectivity index (χ3v) is 4.30.